The summed E-state index contributed by atoms with van der Waals surface area (Å²) in [7, 11) is 0. The third-order valence-corrected chi connectivity index (χ3v) is 1.69. The summed E-state index contributed by atoms with van der Waals surface area (Å²) in [5.74, 6) is 4.08. The smallest absolute Gasteiger partial charge is 0.193 e. The van der Waals surface area contributed by atoms with Gasteiger partial charge in [-0.2, -0.15) is 0 Å². The Morgan fingerprint density at radius 1 is 1.50 bits per heavy atom. The fourth-order valence-electron chi connectivity index (χ4n) is 0.698. The zero-order chi connectivity index (χ0) is 8.97. The summed E-state index contributed by atoms with van der Waals surface area (Å²) in [5, 5.41) is 0. The summed E-state index contributed by atoms with van der Waals surface area (Å²) in [6.07, 6.45) is 0.432. The van der Waals surface area contributed by atoms with Crippen molar-refractivity contribution in [2.75, 3.05) is 0 Å². The van der Waals surface area contributed by atoms with Gasteiger partial charge < -0.3 is 0 Å². The van der Waals surface area contributed by atoms with Crippen LogP contribution < -0.4 is 0 Å². The van der Waals surface area contributed by atoms with Gasteiger partial charge in [0.15, 0.2) is 6.29 Å². The van der Waals surface area contributed by atoms with Gasteiger partial charge in [-0.15, -0.1) is 0 Å². The van der Waals surface area contributed by atoms with Crippen LogP contribution in [-0.4, -0.2) is 6.29 Å². The van der Waals surface area contributed by atoms with Crippen molar-refractivity contribution >= 4 is 22.2 Å². The minimum absolute atomic E-state index is 0.227. The van der Waals surface area contributed by atoms with E-state index in [0.717, 1.165) is 0 Å². The molecule has 0 aromatic heterocycles. The molecule has 0 spiro atoms. The van der Waals surface area contributed by atoms with Crippen LogP contribution in [0.2, 0.25) is 0 Å². The van der Waals surface area contributed by atoms with E-state index in [0.29, 0.717) is 10.8 Å². The molecule has 0 unspecified atom stereocenters. The number of hydrogen-bond donors (Lipinski definition) is 0. The number of benzene rings is 1. The molecule has 1 nitrogen and oxygen atoms in total. The van der Waals surface area contributed by atoms with Crippen LogP contribution in [0.4, 0.5) is 4.39 Å². The molecule has 3 heteroatoms. The molecule has 0 saturated heterocycles. The lowest BCUT2D eigenvalue weighted by atomic mass is 10.2. The normalized spacial score (nSPS) is 8.50. The predicted octanol–water partition coefficient (Wildman–Crippen LogP) is 2.14. The number of halogens is 2. The van der Waals surface area contributed by atoms with E-state index in [1.165, 1.54) is 12.1 Å². The number of rotatable bonds is 0. The first-order chi connectivity index (χ1) is 5.74. The zero-order valence-corrected chi connectivity index (χ0v) is 7.56. The van der Waals surface area contributed by atoms with Crippen molar-refractivity contribution in [3.63, 3.8) is 0 Å². The predicted molar refractivity (Wildman–Crippen MR) is 47.0 cm³/mol. The van der Waals surface area contributed by atoms with Crippen molar-refractivity contribution in [3.8, 4) is 11.8 Å². The van der Waals surface area contributed by atoms with E-state index >= 15 is 0 Å². The minimum Gasteiger partial charge on any atom is -0.289 e. The summed E-state index contributed by atoms with van der Waals surface area (Å²) in [5.41, 5.74) is 0.227. The molecule has 60 valence electrons. The second-order valence-electron chi connectivity index (χ2n) is 2.01. The molecule has 12 heavy (non-hydrogen) atoms. The Hall–Kier alpha value is -1.14. The van der Waals surface area contributed by atoms with E-state index in [-0.39, 0.29) is 5.56 Å². The molecule has 0 atom stereocenters. The molecule has 0 bridgehead atoms. The minimum atomic E-state index is -0.432. The monoisotopic (exact) mass is 226 g/mol. The summed E-state index contributed by atoms with van der Waals surface area (Å²) >= 11 is 3.11. The van der Waals surface area contributed by atoms with E-state index in [1.54, 1.807) is 6.07 Å². The molecule has 0 aliphatic rings. The molecule has 0 saturated carbocycles. The Morgan fingerprint density at radius 2 is 2.25 bits per heavy atom. The van der Waals surface area contributed by atoms with E-state index in [4.69, 9.17) is 0 Å². The molecular formula is C9H4BrFO. The van der Waals surface area contributed by atoms with Crippen molar-refractivity contribution in [3.05, 3.63) is 34.1 Å². The Kier molecular flexibility index (Phi) is 3.01. The average molecular weight is 227 g/mol. The fourth-order valence-corrected chi connectivity index (χ4v) is 1.03. The number of aldehydes is 1. The molecule has 0 radical (unpaired) electrons. The highest BCUT2D eigenvalue weighted by Gasteiger charge is 1.97. The Labute approximate surface area is 77.7 Å². The van der Waals surface area contributed by atoms with Crippen LogP contribution in [0, 0.1) is 17.7 Å². The van der Waals surface area contributed by atoms with Crippen LogP contribution in [0.3, 0.4) is 0 Å². The van der Waals surface area contributed by atoms with Gasteiger partial charge in [0, 0.05) is 4.47 Å². The van der Waals surface area contributed by atoms with E-state index in [2.05, 4.69) is 27.8 Å². The van der Waals surface area contributed by atoms with Gasteiger partial charge in [0.2, 0.25) is 0 Å². The van der Waals surface area contributed by atoms with Gasteiger partial charge in [0.1, 0.15) is 5.82 Å². The molecule has 1 rings (SSSR count). The summed E-state index contributed by atoms with van der Waals surface area (Å²) < 4.78 is 13.6. The molecule has 0 aliphatic carbocycles. The number of carbonyl (C=O) groups is 1. The molecule has 0 N–H and O–H groups in total. The molecule has 1 aromatic carbocycles. The van der Waals surface area contributed by atoms with Crippen LogP contribution in [0.25, 0.3) is 0 Å². The van der Waals surface area contributed by atoms with Crippen molar-refractivity contribution in [1.29, 1.82) is 0 Å². The maximum absolute atomic E-state index is 12.9. The molecular weight excluding hydrogens is 223 g/mol. The number of carbonyl (C=O) groups excluding carboxylic acids is 1. The second kappa shape index (κ2) is 4.03. The van der Waals surface area contributed by atoms with Gasteiger partial charge in [-0.1, -0.05) is 21.9 Å². The maximum atomic E-state index is 12.9. The van der Waals surface area contributed by atoms with Crippen molar-refractivity contribution in [2.45, 2.75) is 0 Å². The average Bonchev–Trinajstić information content (AvgIpc) is 2.03. The largest absolute Gasteiger partial charge is 0.289 e. The van der Waals surface area contributed by atoms with Gasteiger partial charge in [0.25, 0.3) is 0 Å². The van der Waals surface area contributed by atoms with Gasteiger partial charge in [-0.3, -0.25) is 4.79 Å². The first-order valence-corrected chi connectivity index (χ1v) is 3.93. The summed E-state index contributed by atoms with van der Waals surface area (Å²) in [6.45, 7) is 0. The summed E-state index contributed by atoms with van der Waals surface area (Å²) in [4.78, 5) is 9.85. The fraction of sp³-hybridized carbons (Fsp3) is 0. The third kappa shape index (κ3) is 2.18. The molecule has 0 aliphatic heterocycles. The quantitative estimate of drug-likeness (QED) is 0.490. The van der Waals surface area contributed by atoms with Crippen LogP contribution >= 0.6 is 15.9 Å². The summed E-state index contributed by atoms with van der Waals surface area (Å²) in [6, 6.07) is 4.47. The Morgan fingerprint density at radius 3 is 2.83 bits per heavy atom. The van der Waals surface area contributed by atoms with Crippen molar-refractivity contribution < 1.29 is 9.18 Å². The van der Waals surface area contributed by atoms with Gasteiger partial charge in [-0.25, -0.2) is 4.39 Å². The van der Waals surface area contributed by atoms with Crippen LogP contribution in [0.5, 0.6) is 0 Å². The highest BCUT2D eigenvalue weighted by atomic mass is 79.9. The highest BCUT2D eigenvalue weighted by molar-refractivity contribution is 9.10. The molecule has 0 heterocycles. The Bertz CT molecular complexity index is 363. The molecule has 0 amide bonds. The second-order valence-corrected chi connectivity index (χ2v) is 2.93. The van der Waals surface area contributed by atoms with Gasteiger partial charge in [0.05, 0.1) is 5.56 Å². The topological polar surface area (TPSA) is 17.1 Å². The van der Waals surface area contributed by atoms with Crippen molar-refractivity contribution in [1.82, 2.24) is 0 Å². The lowest BCUT2D eigenvalue weighted by Gasteiger charge is -1.93. The van der Waals surface area contributed by atoms with E-state index in [9.17, 15) is 9.18 Å². The van der Waals surface area contributed by atoms with Gasteiger partial charge >= 0.3 is 0 Å². The highest BCUT2D eigenvalue weighted by Crippen LogP contribution is 2.13. The zero-order valence-electron chi connectivity index (χ0n) is 5.97. The van der Waals surface area contributed by atoms with E-state index < -0.39 is 5.82 Å². The van der Waals surface area contributed by atoms with Gasteiger partial charge in [-0.05, 0) is 24.1 Å². The van der Waals surface area contributed by atoms with Crippen LogP contribution in [0.1, 0.15) is 5.56 Å². The maximum Gasteiger partial charge on any atom is 0.193 e. The lowest BCUT2D eigenvalue weighted by Crippen LogP contribution is -1.82. The van der Waals surface area contributed by atoms with E-state index in [1.807, 2.05) is 0 Å². The van der Waals surface area contributed by atoms with Crippen LogP contribution in [-0.2, 0) is 4.79 Å². The SMILES string of the molecule is O=CC#Cc1ccc(Br)cc1F. The van der Waals surface area contributed by atoms with Crippen LogP contribution in [0.15, 0.2) is 22.7 Å². The molecule has 1 aromatic rings. The first-order valence-electron chi connectivity index (χ1n) is 3.14. The Balaban J connectivity index is 3.09. The third-order valence-electron chi connectivity index (χ3n) is 1.20. The molecule has 0 fully saturated rings. The lowest BCUT2D eigenvalue weighted by molar-refractivity contribution is -0.103. The van der Waals surface area contributed by atoms with Crippen molar-refractivity contribution in [2.24, 2.45) is 0 Å². The first kappa shape index (κ1) is 8.95. The standard InChI is InChI=1S/C9H4BrFO/c10-8-4-3-7(2-1-5-12)9(11)6-8/h3-6H. The number of hydrogen-bond acceptors (Lipinski definition) is 1.